The molecule has 3 rings (SSSR count). The van der Waals surface area contributed by atoms with Crippen molar-refractivity contribution in [2.45, 2.75) is 70.8 Å². The van der Waals surface area contributed by atoms with Crippen LogP contribution in [0, 0.1) is 13.8 Å². The lowest BCUT2D eigenvalue weighted by molar-refractivity contribution is 0.382. The molecule has 3 aromatic heterocycles. The Morgan fingerprint density at radius 2 is 2.04 bits per heavy atom. The van der Waals surface area contributed by atoms with Gasteiger partial charge >= 0.3 is 0 Å². The van der Waals surface area contributed by atoms with Gasteiger partial charge in [-0.2, -0.15) is 4.98 Å². The van der Waals surface area contributed by atoms with Crippen LogP contribution in [0.15, 0.2) is 14.5 Å². The Hall–Kier alpha value is -1.67. The predicted molar refractivity (Wildman–Crippen MR) is 106 cm³/mol. The number of aromatic nitrogens is 4. The van der Waals surface area contributed by atoms with Crippen LogP contribution >= 0.6 is 23.1 Å². The van der Waals surface area contributed by atoms with Gasteiger partial charge in [-0.15, -0.1) is 11.3 Å². The third-order valence-electron chi connectivity index (χ3n) is 4.31. The Morgan fingerprint density at radius 1 is 1.27 bits per heavy atom. The first kappa shape index (κ1) is 19.1. The second-order valence-corrected chi connectivity index (χ2v) is 8.80. The second-order valence-electron chi connectivity index (χ2n) is 6.66. The number of hydrogen-bond donors (Lipinski definition) is 0. The summed E-state index contributed by atoms with van der Waals surface area (Å²) in [6.07, 6.45) is 1.97. The first-order chi connectivity index (χ1) is 12.4. The zero-order valence-corrected chi connectivity index (χ0v) is 17.5. The maximum Gasteiger partial charge on any atom is 0.263 e. The van der Waals surface area contributed by atoms with Crippen LogP contribution < -0.4 is 5.56 Å². The highest BCUT2D eigenvalue weighted by molar-refractivity contribution is 7.98. The summed E-state index contributed by atoms with van der Waals surface area (Å²) in [5.74, 6) is 2.00. The van der Waals surface area contributed by atoms with Gasteiger partial charge in [0.25, 0.3) is 5.56 Å². The Bertz CT molecular complexity index is 972. The van der Waals surface area contributed by atoms with Crippen LogP contribution in [0.3, 0.4) is 0 Å². The van der Waals surface area contributed by atoms with Crippen molar-refractivity contribution in [3.05, 3.63) is 32.5 Å². The summed E-state index contributed by atoms with van der Waals surface area (Å²) in [6.45, 7) is 10.9. The van der Waals surface area contributed by atoms with Crippen molar-refractivity contribution in [2.75, 3.05) is 0 Å². The molecule has 0 amide bonds. The van der Waals surface area contributed by atoms with E-state index in [0.717, 1.165) is 38.7 Å². The predicted octanol–water partition coefficient (Wildman–Crippen LogP) is 4.67. The number of fused-ring (bicyclic) bond motifs is 1. The van der Waals surface area contributed by atoms with E-state index >= 15 is 0 Å². The van der Waals surface area contributed by atoms with E-state index in [9.17, 15) is 4.79 Å². The molecule has 26 heavy (non-hydrogen) atoms. The molecule has 0 aromatic carbocycles. The van der Waals surface area contributed by atoms with Crippen molar-refractivity contribution in [1.29, 1.82) is 0 Å². The maximum atomic E-state index is 13.1. The molecule has 140 valence electrons. The molecule has 0 saturated carbocycles. The smallest absolute Gasteiger partial charge is 0.263 e. The number of aryl methyl sites for hydroxylation is 2. The average molecular weight is 393 g/mol. The molecular formula is C18H24N4O2S2. The first-order valence-corrected chi connectivity index (χ1v) is 10.7. The normalized spacial score (nSPS) is 11.8. The lowest BCUT2D eigenvalue weighted by atomic mass is 10.2. The highest BCUT2D eigenvalue weighted by Crippen LogP contribution is 2.29. The molecule has 0 saturated heterocycles. The molecular weight excluding hydrogens is 368 g/mol. The maximum absolute atomic E-state index is 13.1. The molecule has 0 N–H and O–H groups in total. The van der Waals surface area contributed by atoms with Gasteiger partial charge in [-0.1, -0.05) is 44.1 Å². The van der Waals surface area contributed by atoms with Crippen LogP contribution in [-0.4, -0.2) is 19.7 Å². The number of unbranched alkanes of at least 4 members (excludes halogenated alkanes) is 1. The number of thiophene rings is 1. The summed E-state index contributed by atoms with van der Waals surface area (Å²) in [5.41, 5.74) is 1.10. The third-order valence-corrected chi connectivity index (χ3v) is 6.38. The molecule has 0 aliphatic carbocycles. The summed E-state index contributed by atoms with van der Waals surface area (Å²) in [6, 6.07) is 0. The van der Waals surface area contributed by atoms with Gasteiger partial charge in [0.05, 0.1) is 11.1 Å². The second kappa shape index (κ2) is 7.92. The highest BCUT2D eigenvalue weighted by atomic mass is 32.2. The molecule has 3 aromatic rings. The molecule has 0 aliphatic rings. The lowest BCUT2D eigenvalue weighted by Crippen LogP contribution is -2.23. The molecule has 0 bridgehead atoms. The van der Waals surface area contributed by atoms with Crippen molar-refractivity contribution in [3.8, 4) is 0 Å². The van der Waals surface area contributed by atoms with Gasteiger partial charge in [-0.05, 0) is 25.8 Å². The molecule has 0 unspecified atom stereocenters. The van der Waals surface area contributed by atoms with E-state index in [4.69, 9.17) is 9.51 Å². The molecule has 0 spiro atoms. The minimum absolute atomic E-state index is 0.0567. The van der Waals surface area contributed by atoms with Crippen molar-refractivity contribution in [3.63, 3.8) is 0 Å². The van der Waals surface area contributed by atoms with Crippen molar-refractivity contribution < 1.29 is 4.52 Å². The van der Waals surface area contributed by atoms with E-state index in [0.29, 0.717) is 24.0 Å². The van der Waals surface area contributed by atoms with Crippen molar-refractivity contribution in [2.24, 2.45) is 0 Å². The lowest BCUT2D eigenvalue weighted by Gasteiger charge is -2.11. The van der Waals surface area contributed by atoms with E-state index in [1.807, 2.05) is 27.7 Å². The fourth-order valence-electron chi connectivity index (χ4n) is 2.62. The van der Waals surface area contributed by atoms with Crippen LogP contribution in [-0.2, 0) is 12.3 Å². The summed E-state index contributed by atoms with van der Waals surface area (Å²) in [5, 5.41) is 5.48. The Morgan fingerprint density at radius 3 is 2.69 bits per heavy atom. The fourth-order valence-corrected chi connectivity index (χ4v) is 4.55. The Kier molecular flexibility index (Phi) is 5.82. The van der Waals surface area contributed by atoms with Crippen LogP contribution in [0.2, 0.25) is 0 Å². The molecule has 6 nitrogen and oxygen atoms in total. The van der Waals surface area contributed by atoms with E-state index in [1.165, 1.54) is 11.8 Å². The minimum atomic E-state index is 0.0567. The van der Waals surface area contributed by atoms with Gasteiger partial charge in [0.2, 0.25) is 5.89 Å². The van der Waals surface area contributed by atoms with Crippen LogP contribution in [0.5, 0.6) is 0 Å². The summed E-state index contributed by atoms with van der Waals surface area (Å²) in [4.78, 5) is 24.2. The van der Waals surface area contributed by atoms with Crippen LogP contribution in [0.4, 0.5) is 0 Å². The van der Waals surface area contributed by atoms with Gasteiger partial charge in [0.1, 0.15) is 4.83 Å². The van der Waals surface area contributed by atoms with E-state index in [-0.39, 0.29) is 11.5 Å². The summed E-state index contributed by atoms with van der Waals surface area (Å²) in [7, 11) is 0. The average Bonchev–Trinajstić information content (AvgIpc) is 3.18. The number of rotatable bonds is 7. The zero-order chi connectivity index (χ0) is 18.8. The standard InChI is InChI=1S/C18H24N4O2S2/c1-6-7-8-22-17(23)14-11(4)12(5)26-16(14)20-18(22)25-9-13-19-15(10(2)3)21-24-13/h10H,6-9H2,1-5H3. The molecule has 0 radical (unpaired) electrons. The van der Waals surface area contributed by atoms with E-state index < -0.39 is 0 Å². The van der Waals surface area contributed by atoms with Gasteiger partial charge in [0, 0.05) is 17.3 Å². The molecule has 3 heterocycles. The van der Waals surface area contributed by atoms with E-state index in [1.54, 1.807) is 15.9 Å². The molecule has 0 atom stereocenters. The Labute approximate surface area is 161 Å². The van der Waals surface area contributed by atoms with Crippen LogP contribution in [0.1, 0.15) is 61.7 Å². The Balaban J connectivity index is 1.95. The van der Waals surface area contributed by atoms with E-state index in [2.05, 4.69) is 17.1 Å². The molecule has 0 fully saturated rings. The molecule has 0 aliphatic heterocycles. The summed E-state index contributed by atoms with van der Waals surface area (Å²) < 4.78 is 7.12. The van der Waals surface area contributed by atoms with Gasteiger partial charge in [0.15, 0.2) is 11.0 Å². The largest absolute Gasteiger partial charge is 0.338 e. The quantitative estimate of drug-likeness (QED) is 0.429. The SMILES string of the molecule is CCCCn1c(SCc2nc(C(C)C)no2)nc2sc(C)c(C)c2c1=O. The topological polar surface area (TPSA) is 73.8 Å². The first-order valence-electron chi connectivity index (χ1n) is 8.88. The van der Waals surface area contributed by atoms with Gasteiger partial charge in [-0.25, -0.2) is 4.98 Å². The number of hydrogen-bond acceptors (Lipinski definition) is 7. The van der Waals surface area contributed by atoms with Gasteiger partial charge in [-0.3, -0.25) is 9.36 Å². The van der Waals surface area contributed by atoms with Gasteiger partial charge < -0.3 is 4.52 Å². The van der Waals surface area contributed by atoms with Crippen molar-refractivity contribution >= 4 is 33.3 Å². The summed E-state index contributed by atoms with van der Waals surface area (Å²) >= 11 is 3.06. The monoisotopic (exact) mass is 392 g/mol. The fraction of sp³-hybridized carbons (Fsp3) is 0.556. The number of thioether (sulfide) groups is 1. The number of nitrogens with zero attached hydrogens (tertiary/aromatic N) is 4. The highest BCUT2D eigenvalue weighted by Gasteiger charge is 2.18. The minimum Gasteiger partial charge on any atom is -0.338 e. The van der Waals surface area contributed by atoms with Crippen molar-refractivity contribution in [1.82, 2.24) is 19.7 Å². The zero-order valence-electron chi connectivity index (χ0n) is 15.8. The third kappa shape index (κ3) is 3.71. The van der Waals surface area contributed by atoms with Crippen LogP contribution in [0.25, 0.3) is 10.2 Å². The molecule has 8 heteroatoms.